The van der Waals surface area contributed by atoms with Crippen molar-refractivity contribution in [3.63, 3.8) is 0 Å². The summed E-state index contributed by atoms with van der Waals surface area (Å²) >= 11 is 0. The van der Waals surface area contributed by atoms with Gasteiger partial charge in [0.05, 0.1) is 6.61 Å². The molecule has 0 radical (unpaired) electrons. The number of nitrogens with one attached hydrogen (secondary N) is 1. The van der Waals surface area contributed by atoms with E-state index >= 15 is 0 Å². The zero-order valence-corrected chi connectivity index (χ0v) is 12.2. The van der Waals surface area contributed by atoms with E-state index in [0.717, 1.165) is 24.1 Å². The Morgan fingerprint density at radius 3 is 2.76 bits per heavy atom. The van der Waals surface area contributed by atoms with Crippen molar-refractivity contribution in [1.82, 2.24) is 4.98 Å². The fraction of sp³-hybridized carbons (Fsp3) is 0.353. The second-order valence-electron chi connectivity index (χ2n) is 5.42. The smallest absolute Gasteiger partial charge is 0.341 e. The SMILES string of the molecule is CCOC(=O)c1cc(-c2ccc3c(c2)CCCC3)[nH]c1N. The van der Waals surface area contributed by atoms with Gasteiger partial charge in [-0.3, -0.25) is 0 Å². The van der Waals surface area contributed by atoms with Gasteiger partial charge in [-0.15, -0.1) is 0 Å². The van der Waals surface area contributed by atoms with Crippen LogP contribution in [0, 0.1) is 0 Å². The molecule has 0 bridgehead atoms. The number of aromatic nitrogens is 1. The van der Waals surface area contributed by atoms with Crippen LogP contribution in [-0.2, 0) is 17.6 Å². The van der Waals surface area contributed by atoms with Gasteiger partial charge < -0.3 is 15.5 Å². The Kier molecular flexibility index (Phi) is 3.69. The number of aryl methyl sites for hydroxylation is 2. The average molecular weight is 284 g/mol. The Hall–Kier alpha value is -2.23. The third-order valence-electron chi connectivity index (χ3n) is 4.00. The number of benzene rings is 1. The largest absolute Gasteiger partial charge is 0.462 e. The van der Waals surface area contributed by atoms with Crippen LogP contribution in [0.25, 0.3) is 11.3 Å². The molecule has 0 aliphatic heterocycles. The van der Waals surface area contributed by atoms with E-state index in [9.17, 15) is 4.79 Å². The van der Waals surface area contributed by atoms with Crippen LogP contribution in [0.4, 0.5) is 5.82 Å². The Bertz CT molecular complexity index is 673. The van der Waals surface area contributed by atoms with Crippen molar-refractivity contribution in [3.05, 3.63) is 41.0 Å². The quantitative estimate of drug-likeness (QED) is 0.850. The van der Waals surface area contributed by atoms with Gasteiger partial charge >= 0.3 is 5.97 Å². The van der Waals surface area contributed by atoms with Gasteiger partial charge in [0.2, 0.25) is 0 Å². The van der Waals surface area contributed by atoms with Crippen LogP contribution < -0.4 is 5.73 Å². The summed E-state index contributed by atoms with van der Waals surface area (Å²) in [6, 6.07) is 8.25. The Morgan fingerprint density at radius 1 is 1.24 bits per heavy atom. The molecule has 1 aromatic heterocycles. The maximum Gasteiger partial charge on any atom is 0.341 e. The lowest BCUT2D eigenvalue weighted by Crippen LogP contribution is -2.05. The first-order valence-electron chi connectivity index (χ1n) is 7.47. The molecule has 0 saturated carbocycles. The first-order valence-corrected chi connectivity index (χ1v) is 7.47. The molecule has 3 rings (SSSR count). The van der Waals surface area contributed by atoms with Gasteiger partial charge in [-0.1, -0.05) is 12.1 Å². The summed E-state index contributed by atoms with van der Waals surface area (Å²) in [5.41, 5.74) is 11.1. The Morgan fingerprint density at radius 2 is 2.00 bits per heavy atom. The molecule has 1 heterocycles. The highest BCUT2D eigenvalue weighted by atomic mass is 16.5. The molecular weight excluding hydrogens is 264 g/mol. The maximum atomic E-state index is 11.8. The number of H-pyrrole nitrogens is 1. The zero-order chi connectivity index (χ0) is 14.8. The number of nitrogen functional groups attached to an aromatic ring is 1. The van der Waals surface area contributed by atoms with Gasteiger partial charge in [0.1, 0.15) is 11.4 Å². The molecule has 1 aliphatic rings. The van der Waals surface area contributed by atoms with Crippen LogP contribution >= 0.6 is 0 Å². The summed E-state index contributed by atoms with van der Waals surface area (Å²) in [7, 11) is 0. The number of fused-ring (bicyclic) bond motifs is 1. The molecular formula is C17H20N2O2. The highest BCUT2D eigenvalue weighted by Gasteiger charge is 2.16. The predicted molar refractivity (Wildman–Crippen MR) is 83.2 cm³/mol. The number of hydrogen-bond acceptors (Lipinski definition) is 3. The van der Waals surface area contributed by atoms with Crippen molar-refractivity contribution in [2.45, 2.75) is 32.6 Å². The maximum absolute atomic E-state index is 11.8. The monoisotopic (exact) mass is 284 g/mol. The number of nitrogens with two attached hydrogens (primary N) is 1. The summed E-state index contributed by atoms with van der Waals surface area (Å²) in [5.74, 6) is -0.0170. The first kappa shape index (κ1) is 13.7. The van der Waals surface area contributed by atoms with E-state index in [4.69, 9.17) is 10.5 Å². The minimum Gasteiger partial charge on any atom is -0.462 e. The second-order valence-corrected chi connectivity index (χ2v) is 5.42. The third-order valence-corrected chi connectivity index (χ3v) is 4.00. The van der Waals surface area contributed by atoms with Crippen molar-refractivity contribution < 1.29 is 9.53 Å². The fourth-order valence-corrected chi connectivity index (χ4v) is 2.90. The number of anilines is 1. The number of ether oxygens (including phenoxy) is 1. The molecule has 21 heavy (non-hydrogen) atoms. The highest BCUT2D eigenvalue weighted by molar-refractivity contribution is 5.96. The van der Waals surface area contributed by atoms with Crippen LogP contribution in [0.2, 0.25) is 0 Å². The molecule has 0 saturated heterocycles. The van der Waals surface area contributed by atoms with Gasteiger partial charge in [0, 0.05) is 5.69 Å². The van der Waals surface area contributed by atoms with E-state index in [-0.39, 0.29) is 5.97 Å². The number of carbonyl (C=O) groups is 1. The molecule has 1 aliphatic carbocycles. The second kappa shape index (κ2) is 5.64. The van der Waals surface area contributed by atoms with Crippen LogP contribution in [0.5, 0.6) is 0 Å². The number of rotatable bonds is 3. The van der Waals surface area contributed by atoms with E-state index in [2.05, 4.69) is 23.2 Å². The number of carbonyl (C=O) groups excluding carboxylic acids is 1. The molecule has 4 nitrogen and oxygen atoms in total. The van der Waals surface area contributed by atoms with E-state index in [1.165, 1.54) is 24.0 Å². The van der Waals surface area contributed by atoms with Gasteiger partial charge in [-0.25, -0.2) is 4.79 Å². The summed E-state index contributed by atoms with van der Waals surface area (Å²) < 4.78 is 5.01. The number of hydrogen-bond donors (Lipinski definition) is 2. The standard InChI is InChI=1S/C17H20N2O2/c1-2-21-17(20)14-10-15(19-16(14)18)13-8-7-11-5-3-4-6-12(11)9-13/h7-10,19H,2-6,18H2,1H3. The van der Waals surface area contributed by atoms with Crippen molar-refractivity contribution in [2.75, 3.05) is 12.3 Å². The Labute approximate surface area is 124 Å². The lowest BCUT2D eigenvalue weighted by molar-refractivity contribution is 0.0528. The van der Waals surface area contributed by atoms with E-state index in [1.807, 2.05) is 0 Å². The predicted octanol–water partition coefficient (Wildman–Crippen LogP) is 3.32. The zero-order valence-electron chi connectivity index (χ0n) is 12.2. The van der Waals surface area contributed by atoms with Gasteiger partial charge in [0.15, 0.2) is 0 Å². The summed E-state index contributed by atoms with van der Waals surface area (Å²) in [6.45, 7) is 2.13. The highest BCUT2D eigenvalue weighted by Crippen LogP contribution is 2.29. The van der Waals surface area contributed by atoms with Crippen molar-refractivity contribution in [2.24, 2.45) is 0 Å². The molecule has 4 heteroatoms. The van der Waals surface area contributed by atoms with Gasteiger partial charge in [0.25, 0.3) is 0 Å². The molecule has 0 atom stereocenters. The van der Waals surface area contributed by atoms with Crippen molar-refractivity contribution in [3.8, 4) is 11.3 Å². The summed E-state index contributed by atoms with van der Waals surface area (Å²) in [5, 5.41) is 0. The average Bonchev–Trinajstić information content (AvgIpc) is 2.89. The van der Waals surface area contributed by atoms with E-state index in [1.54, 1.807) is 13.0 Å². The normalized spacial score (nSPS) is 13.8. The lowest BCUT2D eigenvalue weighted by atomic mass is 9.90. The van der Waals surface area contributed by atoms with Crippen LogP contribution in [0.1, 0.15) is 41.3 Å². The van der Waals surface area contributed by atoms with Crippen LogP contribution in [0.15, 0.2) is 24.3 Å². The summed E-state index contributed by atoms with van der Waals surface area (Å²) in [4.78, 5) is 14.9. The molecule has 1 aromatic carbocycles. The van der Waals surface area contributed by atoms with Crippen LogP contribution in [-0.4, -0.2) is 17.6 Å². The number of esters is 1. The third kappa shape index (κ3) is 2.66. The molecule has 110 valence electrons. The van der Waals surface area contributed by atoms with Gasteiger partial charge in [-0.05, 0) is 61.4 Å². The summed E-state index contributed by atoms with van der Waals surface area (Å²) in [6.07, 6.45) is 4.81. The lowest BCUT2D eigenvalue weighted by Gasteiger charge is -2.16. The first-order chi connectivity index (χ1) is 10.2. The molecule has 0 amide bonds. The van der Waals surface area contributed by atoms with Crippen molar-refractivity contribution >= 4 is 11.8 Å². The molecule has 0 spiro atoms. The minimum atomic E-state index is -0.379. The van der Waals surface area contributed by atoms with Crippen molar-refractivity contribution in [1.29, 1.82) is 0 Å². The van der Waals surface area contributed by atoms with E-state index in [0.29, 0.717) is 18.0 Å². The molecule has 3 N–H and O–H groups in total. The topological polar surface area (TPSA) is 68.1 Å². The minimum absolute atomic E-state index is 0.345. The van der Waals surface area contributed by atoms with Gasteiger partial charge in [-0.2, -0.15) is 0 Å². The number of aromatic amines is 1. The molecule has 0 unspecified atom stereocenters. The Balaban J connectivity index is 1.94. The van der Waals surface area contributed by atoms with Crippen LogP contribution in [0.3, 0.4) is 0 Å². The van der Waals surface area contributed by atoms with E-state index < -0.39 is 0 Å². The molecule has 0 fully saturated rings. The fourth-order valence-electron chi connectivity index (χ4n) is 2.90. The molecule has 2 aromatic rings.